The second-order valence-electron chi connectivity index (χ2n) is 3.85. The summed E-state index contributed by atoms with van der Waals surface area (Å²) >= 11 is 3.57. The summed E-state index contributed by atoms with van der Waals surface area (Å²) in [6, 6.07) is 5.89. The smallest absolute Gasteiger partial charge is 0.130 e. The molecule has 0 bridgehead atoms. The van der Waals surface area contributed by atoms with E-state index in [0.29, 0.717) is 0 Å². The van der Waals surface area contributed by atoms with Gasteiger partial charge >= 0.3 is 0 Å². The summed E-state index contributed by atoms with van der Waals surface area (Å²) in [4.78, 5) is 4.28. The Morgan fingerprint density at radius 2 is 2.19 bits per heavy atom. The average molecular weight is 280 g/mol. The Labute approximate surface area is 103 Å². The third-order valence-electron chi connectivity index (χ3n) is 2.69. The van der Waals surface area contributed by atoms with Crippen LogP contribution < -0.4 is 5.73 Å². The number of benzene rings is 1. The highest BCUT2D eigenvalue weighted by Crippen LogP contribution is 2.28. The molecule has 1 atom stereocenters. The fourth-order valence-electron chi connectivity index (χ4n) is 1.73. The Kier molecular flexibility index (Phi) is 3.12. The number of rotatable bonds is 2. The molecule has 0 aliphatic carbocycles. The van der Waals surface area contributed by atoms with E-state index in [4.69, 9.17) is 5.73 Å². The number of nitrogens with two attached hydrogens (primary N) is 1. The molecule has 0 radical (unpaired) electrons. The summed E-state index contributed by atoms with van der Waals surface area (Å²) in [5, 5.41) is 0. The standard InChI is InChI=1S/C12H14BrN3/c1-8-4-3-5-9(10(8)13)11(14)12-15-6-7-16(12)2/h3-7,11H,14H2,1-2H3. The van der Waals surface area contributed by atoms with E-state index in [1.807, 2.05) is 29.9 Å². The SMILES string of the molecule is Cc1cccc(C(N)c2nccn2C)c1Br. The van der Waals surface area contributed by atoms with Crippen LogP contribution in [0.25, 0.3) is 0 Å². The Balaban J connectivity index is 2.46. The lowest BCUT2D eigenvalue weighted by Crippen LogP contribution is -2.17. The van der Waals surface area contributed by atoms with Crippen LogP contribution in [0.5, 0.6) is 0 Å². The highest BCUT2D eigenvalue weighted by molar-refractivity contribution is 9.10. The number of nitrogens with zero attached hydrogens (tertiary/aromatic N) is 2. The average Bonchev–Trinajstić information content (AvgIpc) is 2.68. The zero-order valence-corrected chi connectivity index (χ0v) is 10.9. The van der Waals surface area contributed by atoms with Crippen LogP contribution in [-0.2, 0) is 7.05 Å². The van der Waals surface area contributed by atoms with Crippen LogP contribution >= 0.6 is 15.9 Å². The monoisotopic (exact) mass is 279 g/mol. The van der Waals surface area contributed by atoms with Gasteiger partial charge in [-0.3, -0.25) is 0 Å². The lowest BCUT2D eigenvalue weighted by molar-refractivity contribution is 0.714. The van der Waals surface area contributed by atoms with Gasteiger partial charge in [0.1, 0.15) is 5.82 Å². The predicted octanol–water partition coefficient (Wildman–Crippen LogP) is 2.54. The molecule has 0 saturated carbocycles. The van der Waals surface area contributed by atoms with Crippen LogP contribution in [0.4, 0.5) is 0 Å². The Morgan fingerprint density at radius 1 is 1.44 bits per heavy atom. The molecule has 2 N–H and O–H groups in total. The summed E-state index contributed by atoms with van der Waals surface area (Å²) in [6.45, 7) is 2.05. The van der Waals surface area contributed by atoms with Crippen LogP contribution in [0.15, 0.2) is 35.1 Å². The van der Waals surface area contributed by atoms with E-state index in [9.17, 15) is 0 Å². The third-order valence-corrected chi connectivity index (χ3v) is 3.78. The van der Waals surface area contributed by atoms with Gasteiger partial charge in [-0.15, -0.1) is 0 Å². The lowest BCUT2D eigenvalue weighted by Gasteiger charge is -2.15. The first-order valence-corrected chi connectivity index (χ1v) is 5.88. The van der Waals surface area contributed by atoms with Gasteiger partial charge in [0.05, 0.1) is 6.04 Å². The Morgan fingerprint density at radius 3 is 2.81 bits per heavy atom. The van der Waals surface area contributed by atoms with Crippen molar-refractivity contribution in [3.8, 4) is 0 Å². The van der Waals surface area contributed by atoms with E-state index < -0.39 is 0 Å². The number of hydrogen-bond donors (Lipinski definition) is 1. The molecular weight excluding hydrogens is 266 g/mol. The Bertz CT molecular complexity index is 505. The minimum atomic E-state index is -0.200. The van der Waals surface area contributed by atoms with Gasteiger partial charge in [0.15, 0.2) is 0 Å². The number of hydrogen-bond acceptors (Lipinski definition) is 2. The zero-order chi connectivity index (χ0) is 11.7. The molecule has 1 aromatic carbocycles. The van der Waals surface area contributed by atoms with Crippen molar-refractivity contribution in [3.63, 3.8) is 0 Å². The van der Waals surface area contributed by atoms with Crippen LogP contribution in [0, 0.1) is 6.92 Å². The molecule has 0 fully saturated rings. The van der Waals surface area contributed by atoms with Crippen LogP contribution in [0.3, 0.4) is 0 Å². The van der Waals surface area contributed by atoms with Crippen molar-refractivity contribution < 1.29 is 0 Å². The van der Waals surface area contributed by atoms with Gasteiger partial charge in [-0.2, -0.15) is 0 Å². The second-order valence-corrected chi connectivity index (χ2v) is 4.65. The van der Waals surface area contributed by atoms with E-state index >= 15 is 0 Å². The minimum absolute atomic E-state index is 0.200. The third kappa shape index (κ3) is 1.90. The van der Waals surface area contributed by atoms with Gasteiger partial charge in [0.25, 0.3) is 0 Å². The molecule has 3 nitrogen and oxygen atoms in total. The first-order chi connectivity index (χ1) is 7.61. The zero-order valence-electron chi connectivity index (χ0n) is 9.31. The quantitative estimate of drug-likeness (QED) is 0.918. The molecule has 0 aliphatic rings. The molecule has 1 aromatic heterocycles. The summed E-state index contributed by atoms with van der Waals surface area (Å²) in [5.41, 5.74) is 8.46. The Hall–Kier alpha value is -1.13. The second kappa shape index (κ2) is 4.39. The molecule has 2 aromatic rings. The van der Waals surface area contributed by atoms with Gasteiger partial charge in [-0.25, -0.2) is 4.98 Å². The van der Waals surface area contributed by atoms with Crippen molar-refractivity contribution >= 4 is 15.9 Å². The summed E-state index contributed by atoms with van der Waals surface area (Å²) < 4.78 is 3.00. The summed E-state index contributed by atoms with van der Waals surface area (Å²) in [7, 11) is 1.95. The fourth-order valence-corrected chi connectivity index (χ4v) is 2.24. The van der Waals surface area contributed by atoms with E-state index in [1.165, 1.54) is 5.56 Å². The number of aromatic nitrogens is 2. The molecular formula is C12H14BrN3. The molecule has 4 heteroatoms. The normalized spacial score (nSPS) is 12.8. The highest BCUT2D eigenvalue weighted by atomic mass is 79.9. The van der Waals surface area contributed by atoms with E-state index in [2.05, 4.69) is 33.9 Å². The van der Waals surface area contributed by atoms with Crippen molar-refractivity contribution in [1.82, 2.24) is 9.55 Å². The maximum absolute atomic E-state index is 6.22. The van der Waals surface area contributed by atoms with Gasteiger partial charge in [0, 0.05) is 23.9 Å². The van der Waals surface area contributed by atoms with Gasteiger partial charge in [-0.05, 0) is 18.1 Å². The highest BCUT2D eigenvalue weighted by Gasteiger charge is 2.16. The lowest BCUT2D eigenvalue weighted by atomic mass is 10.0. The largest absolute Gasteiger partial charge is 0.336 e. The van der Waals surface area contributed by atoms with Crippen LogP contribution in [0.2, 0.25) is 0 Å². The number of halogens is 1. The van der Waals surface area contributed by atoms with Crippen molar-refractivity contribution in [2.24, 2.45) is 12.8 Å². The van der Waals surface area contributed by atoms with Gasteiger partial charge in [-0.1, -0.05) is 34.1 Å². The molecule has 1 unspecified atom stereocenters. The van der Waals surface area contributed by atoms with Crippen LogP contribution in [-0.4, -0.2) is 9.55 Å². The topological polar surface area (TPSA) is 43.8 Å². The van der Waals surface area contributed by atoms with Crippen molar-refractivity contribution in [2.75, 3.05) is 0 Å². The molecule has 0 spiro atoms. The molecule has 0 saturated heterocycles. The summed E-state index contributed by atoms with van der Waals surface area (Å²) in [5.74, 6) is 0.867. The first kappa shape index (κ1) is 11.4. The maximum atomic E-state index is 6.22. The minimum Gasteiger partial charge on any atom is -0.336 e. The van der Waals surface area contributed by atoms with Crippen LogP contribution in [0.1, 0.15) is 23.0 Å². The van der Waals surface area contributed by atoms with E-state index in [1.54, 1.807) is 6.20 Å². The first-order valence-electron chi connectivity index (χ1n) is 5.09. The molecule has 84 valence electrons. The molecule has 0 aliphatic heterocycles. The molecule has 1 heterocycles. The van der Waals surface area contributed by atoms with Crippen molar-refractivity contribution in [2.45, 2.75) is 13.0 Å². The maximum Gasteiger partial charge on any atom is 0.130 e. The predicted molar refractivity (Wildman–Crippen MR) is 68.1 cm³/mol. The van der Waals surface area contributed by atoms with E-state index in [0.717, 1.165) is 15.9 Å². The van der Waals surface area contributed by atoms with Crippen molar-refractivity contribution in [3.05, 3.63) is 52.0 Å². The molecule has 0 amide bonds. The number of aryl methyl sites for hydroxylation is 2. The number of imidazole rings is 1. The summed E-state index contributed by atoms with van der Waals surface area (Å²) in [6.07, 6.45) is 3.66. The molecule has 2 rings (SSSR count). The molecule has 16 heavy (non-hydrogen) atoms. The van der Waals surface area contributed by atoms with E-state index in [-0.39, 0.29) is 6.04 Å². The van der Waals surface area contributed by atoms with Gasteiger partial charge < -0.3 is 10.3 Å². The van der Waals surface area contributed by atoms with Gasteiger partial charge in [0.2, 0.25) is 0 Å². The fraction of sp³-hybridized carbons (Fsp3) is 0.250. The van der Waals surface area contributed by atoms with Crippen molar-refractivity contribution in [1.29, 1.82) is 0 Å².